The van der Waals surface area contributed by atoms with E-state index in [1.807, 2.05) is 73.8 Å². The summed E-state index contributed by atoms with van der Waals surface area (Å²) >= 11 is 0. The van der Waals surface area contributed by atoms with E-state index in [0.29, 0.717) is 92.0 Å². The van der Waals surface area contributed by atoms with Crippen LogP contribution in [0.15, 0.2) is 78.0 Å². The zero-order valence-electron chi connectivity index (χ0n) is 41.1. The first-order chi connectivity index (χ1) is 35.5. The molecular formula is C50H59N13O10. The number of aromatic amines is 1. The number of H-pyrrole nitrogens is 1. The molecule has 0 bridgehead atoms. The minimum absolute atomic E-state index is 0.0319. The van der Waals surface area contributed by atoms with Gasteiger partial charge in [0, 0.05) is 69.3 Å². The largest absolute Gasteiger partial charge is 0.487 e. The van der Waals surface area contributed by atoms with Crippen LogP contribution in [-0.2, 0) is 41.7 Å². The number of anilines is 3. The first-order valence-electron chi connectivity index (χ1n) is 23.9. The van der Waals surface area contributed by atoms with Crippen LogP contribution in [0.25, 0.3) is 33.3 Å². The quantitative estimate of drug-likeness (QED) is 0.0417. The van der Waals surface area contributed by atoms with Crippen molar-refractivity contribution in [3.8, 4) is 28.8 Å². The van der Waals surface area contributed by atoms with Gasteiger partial charge < -0.3 is 55.1 Å². The Labute approximate surface area is 419 Å². The van der Waals surface area contributed by atoms with E-state index in [-0.39, 0.29) is 68.0 Å². The lowest BCUT2D eigenvalue weighted by Crippen LogP contribution is -2.43. The Morgan fingerprint density at radius 1 is 0.822 bits per heavy atom. The van der Waals surface area contributed by atoms with E-state index in [4.69, 9.17) is 34.2 Å². The molecule has 23 nitrogen and oxygen atoms in total. The van der Waals surface area contributed by atoms with Gasteiger partial charge in [0.05, 0.1) is 50.2 Å². The van der Waals surface area contributed by atoms with Crippen molar-refractivity contribution in [3.63, 3.8) is 0 Å². The first-order valence-corrected chi connectivity index (χ1v) is 23.9. The molecule has 0 spiro atoms. The average Bonchev–Trinajstić information content (AvgIpc) is 3.98. The van der Waals surface area contributed by atoms with E-state index in [9.17, 15) is 19.2 Å². The molecule has 23 heteroatoms. The number of methoxy groups -OCH3 is 3. The van der Waals surface area contributed by atoms with Crippen molar-refractivity contribution in [3.05, 3.63) is 94.8 Å². The van der Waals surface area contributed by atoms with Crippen molar-refractivity contribution in [2.24, 2.45) is 5.92 Å². The summed E-state index contributed by atoms with van der Waals surface area (Å²) in [5.74, 6) is 0.430. The zero-order valence-corrected chi connectivity index (χ0v) is 41.1. The predicted molar refractivity (Wildman–Crippen MR) is 269 cm³/mol. The molecule has 73 heavy (non-hydrogen) atoms. The maximum atomic E-state index is 13.8. The SMILES string of the molecule is COCCOc1nc(N)c2[nH]c(=O)n(Cc3ccc(CNC(=O)CCC(=O)NC4CCCC(n5cc(-c6cccc(Nc7ncnc8cc(OCCOC)c(OCCOC)cc78)c6)nn5)C(C)C4=O)cc3)c2n1. The fraction of sp³-hybridized carbons (Fsp3) is 0.400. The van der Waals surface area contributed by atoms with Gasteiger partial charge in [-0.25, -0.2) is 19.4 Å². The number of rotatable bonds is 24. The number of hydrogen-bond donors (Lipinski definition) is 5. The number of imidazole rings is 1. The van der Waals surface area contributed by atoms with Crippen LogP contribution in [0.3, 0.4) is 0 Å². The number of ketones is 1. The Bertz CT molecular complexity index is 3090. The Hall–Kier alpha value is -8.02. The summed E-state index contributed by atoms with van der Waals surface area (Å²) in [5.41, 5.74) is 10.7. The van der Waals surface area contributed by atoms with Crippen LogP contribution < -0.4 is 41.6 Å². The summed E-state index contributed by atoms with van der Waals surface area (Å²) in [7, 11) is 4.76. The molecule has 6 N–H and O–H groups in total. The molecule has 1 fully saturated rings. The monoisotopic (exact) mass is 1000 g/mol. The Kier molecular flexibility index (Phi) is 17.2. The molecule has 4 heterocycles. The number of Topliss-reactive ketones (excluding diaryl/α,β-unsaturated/α-hetero) is 1. The number of ether oxygens (including phenoxy) is 6. The van der Waals surface area contributed by atoms with E-state index >= 15 is 0 Å². The number of hydrogen-bond acceptors (Lipinski definition) is 18. The second-order valence-electron chi connectivity index (χ2n) is 17.4. The van der Waals surface area contributed by atoms with Gasteiger partial charge >= 0.3 is 11.7 Å². The number of nitrogens with two attached hydrogens (primary N) is 1. The molecule has 3 aromatic carbocycles. The third-order valence-corrected chi connectivity index (χ3v) is 12.3. The summed E-state index contributed by atoms with van der Waals surface area (Å²) in [6.45, 7) is 4.29. The topological polar surface area (TPSA) is 289 Å². The van der Waals surface area contributed by atoms with Crippen molar-refractivity contribution in [2.45, 2.75) is 64.2 Å². The van der Waals surface area contributed by atoms with E-state index in [2.05, 4.69) is 51.2 Å². The fourth-order valence-electron chi connectivity index (χ4n) is 8.44. The molecule has 4 aromatic heterocycles. The highest BCUT2D eigenvalue weighted by Crippen LogP contribution is 2.36. The van der Waals surface area contributed by atoms with Crippen LogP contribution in [0.1, 0.15) is 56.2 Å². The Morgan fingerprint density at radius 2 is 1.53 bits per heavy atom. The molecule has 1 aliphatic rings. The molecule has 0 saturated heterocycles. The number of amides is 2. The fourth-order valence-corrected chi connectivity index (χ4v) is 8.44. The normalized spacial score (nSPS) is 15.8. The molecule has 7 aromatic rings. The van der Waals surface area contributed by atoms with Gasteiger partial charge in [0.1, 0.15) is 43.2 Å². The zero-order chi connectivity index (χ0) is 51.3. The summed E-state index contributed by atoms with van der Waals surface area (Å²) in [6, 6.07) is 17.8. The minimum atomic E-state index is -0.693. The van der Waals surface area contributed by atoms with Gasteiger partial charge in [-0.1, -0.05) is 48.5 Å². The van der Waals surface area contributed by atoms with Gasteiger partial charge in [0.15, 0.2) is 28.7 Å². The number of carbonyl (C=O) groups excluding carboxylic acids is 3. The van der Waals surface area contributed by atoms with Crippen molar-refractivity contribution >= 4 is 57.0 Å². The molecule has 0 aliphatic heterocycles. The highest BCUT2D eigenvalue weighted by atomic mass is 16.5. The Balaban J connectivity index is 0.819. The van der Waals surface area contributed by atoms with Gasteiger partial charge in [-0.2, -0.15) is 9.97 Å². The Morgan fingerprint density at radius 3 is 2.29 bits per heavy atom. The van der Waals surface area contributed by atoms with E-state index < -0.39 is 17.6 Å². The summed E-state index contributed by atoms with van der Waals surface area (Å²) < 4.78 is 36.0. The van der Waals surface area contributed by atoms with Gasteiger partial charge in [0.2, 0.25) is 11.8 Å². The molecule has 0 radical (unpaired) electrons. The highest BCUT2D eigenvalue weighted by molar-refractivity contribution is 5.94. The van der Waals surface area contributed by atoms with Crippen LogP contribution in [0.4, 0.5) is 17.3 Å². The maximum absolute atomic E-state index is 13.8. The minimum Gasteiger partial charge on any atom is -0.487 e. The van der Waals surface area contributed by atoms with Gasteiger partial charge in [-0.05, 0) is 48.6 Å². The molecule has 2 amide bonds. The summed E-state index contributed by atoms with van der Waals surface area (Å²) in [5, 5.41) is 18.8. The highest BCUT2D eigenvalue weighted by Gasteiger charge is 2.35. The third-order valence-electron chi connectivity index (χ3n) is 12.3. The summed E-state index contributed by atoms with van der Waals surface area (Å²) in [4.78, 5) is 72.8. The summed E-state index contributed by atoms with van der Waals surface area (Å²) in [6.07, 6.45) is 4.96. The van der Waals surface area contributed by atoms with Crippen LogP contribution in [0.2, 0.25) is 0 Å². The molecular weight excluding hydrogens is 943 g/mol. The molecule has 8 rings (SSSR count). The van der Waals surface area contributed by atoms with Gasteiger partial charge in [-0.3, -0.25) is 19.0 Å². The number of carbonyl (C=O) groups is 3. The first kappa shape index (κ1) is 51.3. The second kappa shape index (κ2) is 24.4. The van der Waals surface area contributed by atoms with Crippen LogP contribution >= 0.6 is 0 Å². The number of benzene rings is 3. The van der Waals surface area contributed by atoms with Crippen LogP contribution in [-0.4, -0.2) is 129 Å². The predicted octanol–water partition coefficient (Wildman–Crippen LogP) is 4.28. The van der Waals surface area contributed by atoms with Crippen molar-refractivity contribution < 1.29 is 42.8 Å². The third kappa shape index (κ3) is 12.9. The van der Waals surface area contributed by atoms with Gasteiger partial charge in [-0.15, -0.1) is 5.10 Å². The van der Waals surface area contributed by atoms with Crippen molar-refractivity contribution in [1.29, 1.82) is 0 Å². The standard InChI is InChI=1S/C50H59N13O10/c1-30-39(63-28-38(60-61-63)33-7-5-8-34(23-33)55-47-35-24-40(71-20-17-68-2)41(72-21-18-69-3)25-37(35)53-29-54-47)10-6-9-36(45(30)66)56-43(65)16-15-42(64)52-26-31-11-13-32(14-12-31)27-62-48-44(57-50(62)67)46(51)58-49(59-48)73-22-19-70-4/h5,7-8,11-14,23-25,28-30,36,39H,6,9-10,15-22,26-27H2,1-4H3,(H,52,64)(H,56,65)(H,57,67)(H2,51,58,59)(H,53,54,55). The van der Waals surface area contributed by atoms with Crippen molar-refractivity contribution in [1.82, 2.24) is 55.1 Å². The number of nitrogen functional groups attached to an aromatic ring is 1. The van der Waals surface area contributed by atoms with Gasteiger partial charge in [0.25, 0.3) is 0 Å². The lowest BCUT2D eigenvalue weighted by atomic mass is 9.94. The van der Waals surface area contributed by atoms with Crippen LogP contribution in [0, 0.1) is 5.92 Å². The number of fused-ring (bicyclic) bond motifs is 2. The number of nitrogens with zero attached hydrogens (tertiary/aromatic N) is 8. The molecule has 384 valence electrons. The number of aromatic nitrogens is 9. The van der Waals surface area contributed by atoms with E-state index in [1.54, 1.807) is 26.0 Å². The molecule has 3 atom stereocenters. The van der Waals surface area contributed by atoms with E-state index in [0.717, 1.165) is 27.8 Å². The lowest BCUT2D eigenvalue weighted by molar-refractivity contribution is -0.131. The molecule has 3 unspecified atom stereocenters. The maximum Gasteiger partial charge on any atom is 0.328 e. The average molecular weight is 1000 g/mol. The second-order valence-corrected chi connectivity index (χ2v) is 17.4. The smallest absolute Gasteiger partial charge is 0.328 e. The van der Waals surface area contributed by atoms with E-state index in [1.165, 1.54) is 10.9 Å². The molecule has 1 saturated carbocycles. The van der Waals surface area contributed by atoms with Crippen molar-refractivity contribution in [2.75, 3.05) is 72.0 Å². The number of nitrogens with one attached hydrogen (secondary N) is 4. The van der Waals surface area contributed by atoms with Crippen LogP contribution in [0.5, 0.6) is 17.5 Å². The molecule has 1 aliphatic carbocycles. The lowest BCUT2D eigenvalue weighted by Gasteiger charge is -2.22.